The third-order valence-electron chi connectivity index (χ3n) is 4.38. The van der Waals surface area contributed by atoms with Crippen molar-refractivity contribution in [3.8, 4) is 5.75 Å². The lowest BCUT2D eigenvalue weighted by Gasteiger charge is -2.08. The molecule has 0 aliphatic rings. The van der Waals surface area contributed by atoms with Gasteiger partial charge in [-0.3, -0.25) is 4.79 Å². The standard InChI is InChI=1S/C20H20N6O3/c1-28-15-5-2-4-14(10-15)20(27)21-7-8-26-19-17(12-25-26)18(23-13-24-19)22-11-16-6-3-9-29-16/h2-6,9-10,12-13H,7-8,11H2,1H3,(H,21,27)(H,22,23,24). The van der Waals surface area contributed by atoms with E-state index in [0.717, 1.165) is 11.1 Å². The number of fused-ring (bicyclic) bond motifs is 1. The topological polar surface area (TPSA) is 107 Å². The number of aromatic nitrogens is 4. The van der Waals surface area contributed by atoms with Gasteiger partial charge in [-0.1, -0.05) is 6.07 Å². The molecule has 0 unspecified atom stereocenters. The van der Waals surface area contributed by atoms with Crippen molar-refractivity contribution in [2.75, 3.05) is 19.0 Å². The molecule has 3 aromatic heterocycles. The Morgan fingerprint density at radius 1 is 1.24 bits per heavy atom. The molecule has 0 saturated carbocycles. The zero-order chi connectivity index (χ0) is 20.1. The second-order valence-corrected chi connectivity index (χ2v) is 6.25. The average molecular weight is 392 g/mol. The Kier molecular flexibility index (Phi) is 5.37. The predicted molar refractivity (Wildman–Crippen MR) is 107 cm³/mol. The van der Waals surface area contributed by atoms with Crippen LogP contribution in [0.1, 0.15) is 16.1 Å². The third kappa shape index (κ3) is 4.18. The van der Waals surface area contributed by atoms with Crippen LogP contribution in [0.25, 0.3) is 11.0 Å². The van der Waals surface area contributed by atoms with E-state index in [1.165, 1.54) is 6.33 Å². The van der Waals surface area contributed by atoms with Crippen LogP contribution in [-0.2, 0) is 13.1 Å². The van der Waals surface area contributed by atoms with Gasteiger partial charge in [-0.25, -0.2) is 14.6 Å². The molecule has 4 aromatic rings. The summed E-state index contributed by atoms with van der Waals surface area (Å²) in [7, 11) is 1.57. The molecule has 2 N–H and O–H groups in total. The minimum atomic E-state index is -0.171. The fraction of sp³-hybridized carbons (Fsp3) is 0.200. The molecule has 1 aromatic carbocycles. The molecule has 29 heavy (non-hydrogen) atoms. The molecule has 0 radical (unpaired) electrons. The van der Waals surface area contributed by atoms with Gasteiger partial charge in [-0.2, -0.15) is 5.10 Å². The maximum absolute atomic E-state index is 12.3. The van der Waals surface area contributed by atoms with Gasteiger partial charge in [-0.05, 0) is 30.3 Å². The van der Waals surface area contributed by atoms with Gasteiger partial charge in [0.2, 0.25) is 0 Å². The third-order valence-corrected chi connectivity index (χ3v) is 4.38. The quantitative estimate of drug-likeness (QED) is 0.474. The van der Waals surface area contributed by atoms with Crippen molar-refractivity contribution >= 4 is 22.8 Å². The fourth-order valence-electron chi connectivity index (χ4n) is 2.92. The number of amides is 1. The first-order valence-electron chi connectivity index (χ1n) is 9.09. The number of carbonyl (C=O) groups is 1. The van der Waals surface area contributed by atoms with Crippen LogP contribution in [0.2, 0.25) is 0 Å². The van der Waals surface area contributed by atoms with E-state index in [9.17, 15) is 4.79 Å². The number of carbonyl (C=O) groups excluding carboxylic acids is 1. The molecule has 0 aliphatic heterocycles. The van der Waals surface area contributed by atoms with E-state index < -0.39 is 0 Å². The summed E-state index contributed by atoms with van der Waals surface area (Å²) in [4.78, 5) is 20.9. The average Bonchev–Trinajstić information content (AvgIpc) is 3.42. The Labute approximate surface area is 166 Å². The molecule has 9 heteroatoms. The number of rotatable bonds is 8. The monoisotopic (exact) mass is 392 g/mol. The summed E-state index contributed by atoms with van der Waals surface area (Å²) in [6.45, 7) is 1.40. The van der Waals surface area contributed by atoms with Crippen LogP contribution in [0.15, 0.2) is 59.6 Å². The van der Waals surface area contributed by atoms with Crippen LogP contribution < -0.4 is 15.4 Å². The second kappa shape index (κ2) is 8.42. The van der Waals surface area contributed by atoms with Crippen molar-refractivity contribution in [3.05, 3.63) is 66.5 Å². The molecule has 4 rings (SSSR count). The Hall–Kier alpha value is -3.88. The minimum Gasteiger partial charge on any atom is -0.497 e. The van der Waals surface area contributed by atoms with Crippen molar-refractivity contribution in [1.82, 2.24) is 25.1 Å². The first-order chi connectivity index (χ1) is 14.2. The lowest BCUT2D eigenvalue weighted by molar-refractivity contribution is 0.0951. The Morgan fingerprint density at radius 2 is 2.17 bits per heavy atom. The summed E-state index contributed by atoms with van der Waals surface area (Å²) in [6, 6.07) is 10.7. The van der Waals surface area contributed by atoms with Gasteiger partial charge in [-0.15, -0.1) is 0 Å². The summed E-state index contributed by atoms with van der Waals surface area (Å²) in [5.74, 6) is 1.96. The summed E-state index contributed by atoms with van der Waals surface area (Å²) in [5.41, 5.74) is 1.24. The van der Waals surface area contributed by atoms with E-state index in [1.807, 2.05) is 12.1 Å². The van der Waals surface area contributed by atoms with E-state index in [2.05, 4.69) is 25.7 Å². The highest BCUT2D eigenvalue weighted by atomic mass is 16.5. The molecule has 0 spiro atoms. The van der Waals surface area contributed by atoms with E-state index in [-0.39, 0.29) is 5.91 Å². The smallest absolute Gasteiger partial charge is 0.251 e. The minimum absolute atomic E-state index is 0.171. The Morgan fingerprint density at radius 3 is 3.00 bits per heavy atom. The second-order valence-electron chi connectivity index (χ2n) is 6.25. The number of methoxy groups -OCH3 is 1. The first-order valence-corrected chi connectivity index (χ1v) is 9.09. The molecule has 148 valence electrons. The molecular formula is C20H20N6O3. The zero-order valence-electron chi connectivity index (χ0n) is 15.8. The van der Waals surface area contributed by atoms with E-state index in [0.29, 0.717) is 42.4 Å². The summed E-state index contributed by atoms with van der Waals surface area (Å²) >= 11 is 0. The fourth-order valence-corrected chi connectivity index (χ4v) is 2.92. The van der Waals surface area contributed by atoms with Gasteiger partial charge < -0.3 is 19.8 Å². The van der Waals surface area contributed by atoms with Crippen LogP contribution in [0.5, 0.6) is 5.75 Å². The highest BCUT2D eigenvalue weighted by Crippen LogP contribution is 2.19. The first kappa shape index (κ1) is 18.5. The van der Waals surface area contributed by atoms with Crippen molar-refractivity contribution in [2.45, 2.75) is 13.1 Å². The van der Waals surface area contributed by atoms with Crippen LogP contribution in [0.3, 0.4) is 0 Å². The SMILES string of the molecule is COc1cccc(C(=O)NCCn2ncc3c(NCc4ccco4)ncnc32)c1. The van der Waals surface area contributed by atoms with E-state index in [1.54, 1.807) is 48.5 Å². The number of benzene rings is 1. The summed E-state index contributed by atoms with van der Waals surface area (Å²) in [5, 5.41) is 11.3. The lowest BCUT2D eigenvalue weighted by Crippen LogP contribution is -2.27. The molecule has 0 aliphatic carbocycles. The Balaban J connectivity index is 1.39. The van der Waals surface area contributed by atoms with Gasteiger partial charge in [0, 0.05) is 12.1 Å². The van der Waals surface area contributed by atoms with E-state index >= 15 is 0 Å². The van der Waals surface area contributed by atoms with Crippen LogP contribution in [0, 0.1) is 0 Å². The number of nitrogens with zero attached hydrogens (tertiary/aromatic N) is 4. The van der Waals surface area contributed by atoms with Crippen LogP contribution in [-0.4, -0.2) is 39.3 Å². The van der Waals surface area contributed by atoms with Crippen molar-refractivity contribution in [1.29, 1.82) is 0 Å². The highest BCUT2D eigenvalue weighted by molar-refractivity contribution is 5.94. The van der Waals surface area contributed by atoms with Gasteiger partial charge in [0.15, 0.2) is 5.65 Å². The van der Waals surface area contributed by atoms with E-state index in [4.69, 9.17) is 9.15 Å². The van der Waals surface area contributed by atoms with Gasteiger partial charge >= 0.3 is 0 Å². The lowest BCUT2D eigenvalue weighted by atomic mass is 10.2. The van der Waals surface area contributed by atoms with Crippen LogP contribution >= 0.6 is 0 Å². The van der Waals surface area contributed by atoms with Gasteiger partial charge in [0.05, 0.1) is 38.0 Å². The number of furan rings is 1. The van der Waals surface area contributed by atoms with Crippen molar-refractivity contribution < 1.29 is 13.9 Å². The molecule has 1 amide bonds. The number of hydrogen-bond acceptors (Lipinski definition) is 7. The van der Waals surface area contributed by atoms with Gasteiger partial charge in [0.25, 0.3) is 5.91 Å². The Bertz CT molecular complexity index is 1110. The molecular weight excluding hydrogens is 372 g/mol. The van der Waals surface area contributed by atoms with Crippen molar-refractivity contribution in [2.24, 2.45) is 0 Å². The normalized spacial score (nSPS) is 10.8. The molecule has 9 nitrogen and oxygen atoms in total. The molecule has 0 atom stereocenters. The number of anilines is 1. The van der Waals surface area contributed by atoms with Gasteiger partial charge in [0.1, 0.15) is 23.7 Å². The maximum atomic E-state index is 12.3. The zero-order valence-corrected chi connectivity index (χ0v) is 15.8. The van der Waals surface area contributed by atoms with Crippen LogP contribution in [0.4, 0.5) is 5.82 Å². The highest BCUT2D eigenvalue weighted by Gasteiger charge is 2.11. The predicted octanol–water partition coefficient (Wildman–Crippen LogP) is 2.47. The number of ether oxygens (including phenoxy) is 1. The van der Waals surface area contributed by atoms with Crippen molar-refractivity contribution in [3.63, 3.8) is 0 Å². The summed E-state index contributed by atoms with van der Waals surface area (Å²) in [6.07, 6.45) is 4.83. The molecule has 0 saturated heterocycles. The number of nitrogens with one attached hydrogen (secondary N) is 2. The molecule has 3 heterocycles. The number of hydrogen-bond donors (Lipinski definition) is 2. The summed E-state index contributed by atoms with van der Waals surface area (Å²) < 4.78 is 12.2. The largest absolute Gasteiger partial charge is 0.497 e. The molecule has 0 bridgehead atoms. The maximum Gasteiger partial charge on any atom is 0.251 e. The molecule has 0 fully saturated rings.